The summed E-state index contributed by atoms with van der Waals surface area (Å²) in [5.41, 5.74) is 1.60. The van der Waals surface area contributed by atoms with Crippen LogP contribution in [0.4, 0.5) is 0 Å². The molecule has 3 nitrogen and oxygen atoms in total. The molecule has 0 N–H and O–H groups in total. The molecule has 1 aromatic carbocycles. The zero-order chi connectivity index (χ0) is 19.5. The van der Waals surface area contributed by atoms with Gasteiger partial charge in [0.15, 0.2) is 8.32 Å². The molecule has 1 amide bonds. The van der Waals surface area contributed by atoms with Gasteiger partial charge in [-0.1, -0.05) is 38.8 Å². The number of carbonyl (C=O) groups excluding carboxylic acids is 1. The van der Waals surface area contributed by atoms with Crippen LogP contribution in [-0.4, -0.2) is 31.8 Å². The Morgan fingerprint density at radius 1 is 1.35 bits per heavy atom. The summed E-state index contributed by atoms with van der Waals surface area (Å²) in [5.74, 6) is 2.57. The molecule has 0 bridgehead atoms. The number of amides is 1. The van der Waals surface area contributed by atoms with E-state index in [4.69, 9.17) is 10.8 Å². The third kappa shape index (κ3) is 4.56. The topological polar surface area (TPSA) is 29.5 Å². The number of terminal acetylenes is 1. The Hall–Kier alpha value is -1.61. The van der Waals surface area contributed by atoms with Gasteiger partial charge < -0.3 is 4.43 Å². The van der Waals surface area contributed by atoms with Gasteiger partial charge in [0, 0.05) is 10.7 Å². The maximum Gasteiger partial charge on any atom is 0.260 e. The van der Waals surface area contributed by atoms with Crippen molar-refractivity contribution in [3.63, 3.8) is 0 Å². The number of hydrogen-bond acceptors (Lipinski definition) is 2. The van der Waals surface area contributed by atoms with Crippen LogP contribution in [0.2, 0.25) is 18.1 Å². The number of benzene rings is 1. The Morgan fingerprint density at radius 3 is 2.58 bits per heavy atom. The fourth-order valence-electron chi connectivity index (χ4n) is 2.28. The van der Waals surface area contributed by atoms with Gasteiger partial charge in [0.2, 0.25) is 0 Å². The van der Waals surface area contributed by atoms with E-state index < -0.39 is 14.4 Å². The first kappa shape index (κ1) is 20.7. The largest absolute Gasteiger partial charge is 0.413 e. The Bertz CT molecular complexity index is 784. The summed E-state index contributed by atoms with van der Waals surface area (Å²) in [5, 5.41) is 0.152. The number of rotatable bonds is 4. The van der Waals surface area contributed by atoms with Crippen molar-refractivity contribution in [3.8, 4) is 12.3 Å². The number of nitrogens with zero attached hydrogens (tertiary/aromatic N) is 1. The van der Waals surface area contributed by atoms with Gasteiger partial charge in [-0.25, -0.2) is 0 Å². The second kappa shape index (κ2) is 7.95. The third-order valence-corrected chi connectivity index (χ3v) is 10.2. The van der Waals surface area contributed by atoms with Crippen molar-refractivity contribution in [1.29, 1.82) is 0 Å². The first-order valence-corrected chi connectivity index (χ1v) is 12.3. The third-order valence-electron chi connectivity index (χ3n) is 5.04. The zero-order valence-corrected chi connectivity index (χ0v) is 18.6. The van der Waals surface area contributed by atoms with E-state index >= 15 is 0 Å². The minimum Gasteiger partial charge on any atom is -0.413 e. The summed E-state index contributed by atoms with van der Waals surface area (Å²) in [7, 11) is -1.83. The van der Waals surface area contributed by atoms with E-state index in [2.05, 4.69) is 55.7 Å². The van der Waals surface area contributed by atoms with Gasteiger partial charge in [-0.3, -0.25) is 9.69 Å². The van der Waals surface area contributed by atoms with E-state index in [0.29, 0.717) is 12.2 Å². The van der Waals surface area contributed by atoms with Gasteiger partial charge in [-0.15, -0.1) is 6.42 Å². The molecule has 1 aliphatic heterocycles. The Morgan fingerprint density at radius 2 is 2.00 bits per heavy atom. The van der Waals surface area contributed by atoms with Crippen molar-refractivity contribution < 1.29 is 9.22 Å². The summed E-state index contributed by atoms with van der Waals surface area (Å²) >= 11 is 3.43. The predicted octanol–water partition coefficient (Wildman–Crippen LogP) is 5.37. The predicted molar refractivity (Wildman–Crippen MR) is 113 cm³/mol. The van der Waals surface area contributed by atoms with Crippen LogP contribution >= 0.6 is 15.9 Å². The van der Waals surface area contributed by atoms with Gasteiger partial charge in [0.05, 0.1) is 12.2 Å². The van der Waals surface area contributed by atoms with Crippen molar-refractivity contribution >= 4 is 30.2 Å². The second-order valence-corrected chi connectivity index (χ2v) is 13.6. The molecule has 2 rings (SSSR count). The van der Waals surface area contributed by atoms with Crippen LogP contribution in [0, 0.1) is 12.3 Å². The molecule has 0 radical (unpaired) electrons. The van der Waals surface area contributed by atoms with Crippen LogP contribution < -0.4 is 0 Å². The van der Waals surface area contributed by atoms with Crippen molar-refractivity contribution in [2.45, 2.75) is 44.9 Å². The molecule has 0 saturated carbocycles. The maximum absolute atomic E-state index is 12.8. The van der Waals surface area contributed by atoms with E-state index in [-0.39, 0.29) is 10.9 Å². The molecule has 5 heteroatoms. The normalized spacial score (nSPS) is 17.7. The average molecular weight is 432 g/mol. The van der Waals surface area contributed by atoms with Crippen molar-refractivity contribution in [2.75, 3.05) is 6.61 Å². The molecule has 1 aliphatic rings. The molecule has 0 aromatic heterocycles. The van der Waals surface area contributed by atoms with Gasteiger partial charge >= 0.3 is 0 Å². The Balaban J connectivity index is 2.14. The van der Waals surface area contributed by atoms with E-state index in [1.54, 1.807) is 17.2 Å². The van der Waals surface area contributed by atoms with Gasteiger partial charge in [-0.05, 0) is 63.9 Å². The molecule has 138 valence electrons. The highest BCUT2D eigenvalue weighted by molar-refractivity contribution is 9.10. The van der Waals surface area contributed by atoms with Crippen LogP contribution in [0.1, 0.15) is 31.1 Å². The second-order valence-electron chi connectivity index (χ2n) is 7.91. The molecule has 1 atom stereocenters. The fourth-order valence-corrected chi connectivity index (χ4v) is 3.69. The molecule has 1 heterocycles. The molecule has 0 aliphatic carbocycles. The highest BCUT2D eigenvalue weighted by Crippen LogP contribution is 2.37. The monoisotopic (exact) mass is 431 g/mol. The van der Waals surface area contributed by atoms with Crippen LogP contribution in [0.3, 0.4) is 0 Å². The quantitative estimate of drug-likeness (QED) is 0.473. The van der Waals surface area contributed by atoms with Crippen LogP contribution in [0.5, 0.6) is 0 Å². The number of hydrogen-bond donors (Lipinski definition) is 0. The minimum atomic E-state index is -1.83. The summed E-state index contributed by atoms with van der Waals surface area (Å²) < 4.78 is 7.02. The summed E-state index contributed by atoms with van der Waals surface area (Å²) in [6, 6.07) is 6.93. The molecular formula is C21H26BrNO2Si. The molecule has 0 spiro atoms. The zero-order valence-electron chi connectivity index (χ0n) is 16.0. The van der Waals surface area contributed by atoms with Gasteiger partial charge in [0.1, 0.15) is 6.04 Å². The molecule has 1 unspecified atom stereocenters. The fraction of sp³-hybridized carbons (Fsp3) is 0.381. The number of carbonyl (C=O) groups is 1. The van der Waals surface area contributed by atoms with Gasteiger partial charge in [-0.2, -0.15) is 0 Å². The molecule has 1 aromatic rings. The smallest absolute Gasteiger partial charge is 0.260 e. The van der Waals surface area contributed by atoms with Gasteiger partial charge in [0.25, 0.3) is 5.91 Å². The highest BCUT2D eigenvalue weighted by Gasteiger charge is 2.37. The lowest BCUT2D eigenvalue weighted by Crippen LogP contribution is -2.41. The molecule has 0 fully saturated rings. The van der Waals surface area contributed by atoms with E-state index in [0.717, 1.165) is 10.0 Å². The van der Waals surface area contributed by atoms with E-state index in [9.17, 15) is 4.79 Å². The molecule has 0 saturated heterocycles. The molecule has 26 heavy (non-hydrogen) atoms. The van der Waals surface area contributed by atoms with E-state index in [1.165, 1.54) is 0 Å². The molecular weight excluding hydrogens is 406 g/mol. The standard InChI is InChI=1S/C21H26BrNO2Si/c1-7-17-14-16(15-25-26(5,6)21(2,3)4)12-13-23(17)20(24)18-10-8-9-11-19(18)22/h1,8-14,17H,15H2,2-6H3. The highest BCUT2D eigenvalue weighted by atomic mass is 79.9. The van der Waals surface area contributed by atoms with Crippen LogP contribution in [0.25, 0.3) is 0 Å². The lowest BCUT2D eigenvalue weighted by molar-refractivity contribution is 0.0811. The van der Waals surface area contributed by atoms with Crippen molar-refractivity contribution in [1.82, 2.24) is 4.90 Å². The summed E-state index contributed by atoms with van der Waals surface area (Å²) in [6.45, 7) is 11.6. The van der Waals surface area contributed by atoms with Crippen LogP contribution in [0.15, 0.2) is 52.7 Å². The SMILES string of the molecule is C#CC1C=C(CO[Si](C)(C)C(C)(C)C)C=CN1C(=O)c1ccccc1Br. The maximum atomic E-state index is 12.8. The lowest BCUT2D eigenvalue weighted by atomic mass is 10.1. The average Bonchev–Trinajstić information content (AvgIpc) is 2.58. The van der Waals surface area contributed by atoms with E-state index in [1.807, 2.05) is 30.4 Å². The lowest BCUT2D eigenvalue weighted by Gasteiger charge is -2.36. The Labute approximate surface area is 166 Å². The number of halogens is 1. The van der Waals surface area contributed by atoms with Crippen LogP contribution in [-0.2, 0) is 4.43 Å². The van der Waals surface area contributed by atoms with Crippen molar-refractivity contribution in [2.24, 2.45) is 0 Å². The summed E-state index contributed by atoms with van der Waals surface area (Å²) in [4.78, 5) is 14.4. The first-order valence-electron chi connectivity index (χ1n) is 8.63. The first-order chi connectivity index (χ1) is 12.1. The summed E-state index contributed by atoms with van der Waals surface area (Å²) in [6.07, 6.45) is 11.3. The van der Waals surface area contributed by atoms with Crippen molar-refractivity contribution in [3.05, 3.63) is 58.2 Å². The Kier molecular flexibility index (Phi) is 6.33. The minimum absolute atomic E-state index is 0.128.